The van der Waals surface area contributed by atoms with Gasteiger partial charge in [0, 0.05) is 30.9 Å². The van der Waals surface area contributed by atoms with Crippen molar-refractivity contribution in [3.8, 4) is 5.75 Å². The van der Waals surface area contributed by atoms with Crippen LogP contribution in [-0.2, 0) is 28.1 Å². The summed E-state index contributed by atoms with van der Waals surface area (Å²) in [6, 6.07) is 20.9. The van der Waals surface area contributed by atoms with Crippen LogP contribution in [0.2, 0.25) is 0 Å². The Hall–Kier alpha value is -4.44. The molecule has 0 radical (unpaired) electrons. The van der Waals surface area contributed by atoms with Gasteiger partial charge in [-0.05, 0) is 51.3 Å². The number of carbonyl (C=O) groups excluding carboxylic acids is 1. The molecular weight excluding hydrogens is 547 g/mol. The summed E-state index contributed by atoms with van der Waals surface area (Å²) < 4.78 is 38.7. The van der Waals surface area contributed by atoms with Crippen LogP contribution in [0.25, 0.3) is 10.8 Å². The average Bonchev–Trinajstić information content (AvgIpc) is 2.94. The molecule has 7 nitrogen and oxygen atoms in total. The Balaban J connectivity index is 0.000000312. The third-order valence-electron chi connectivity index (χ3n) is 6.46. The van der Waals surface area contributed by atoms with Gasteiger partial charge < -0.3 is 20.9 Å². The highest BCUT2D eigenvalue weighted by Crippen LogP contribution is 2.28. The number of amides is 1. The third kappa shape index (κ3) is 9.59. The van der Waals surface area contributed by atoms with E-state index in [0.29, 0.717) is 18.7 Å². The highest BCUT2D eigenvalue weighted by molar-refractivity contribution is 5.94. The molecule has 1 amide bonds. The van der Waals surface area contributed by atoms with E-state index in [-0.39, 0.29) is 23.5 Å². The number of aliphatic carboxylic acids is 1. The SMILES string of the molecule is CC(C)(C)c1ccc(CNC(=O)C(CC(=O)O)c2cccc3cnccc23)cc1.NCc1ccc(OC(F)(F)F)cc1. The number of rotatable bonds is 8. The molecule has 1 unspecified atom stereocenters. The minimum absolute atomic E-state index is 0.0670. The summed E-state index contributed by atoms with van der Waals surface area (Å²) in [6.07, 6.45) is -1.54. The van der Waals surface area contributed by atoms with Crippen molar-refractivity contribution >= 4 is 22.6 Å². The first-order valence-electron chi connectivity index (χ1n) is 13.2. The largest absolute Gasteiger partial charge is 0.573 e. The van der Waals surface area contributed by atoms with E-state index in [9.17, 15) is 27.9 Å². The van der Waals surface area contributed by atoms with Crippen molar-refractivity contribution in [2.75, 3.05) is 0 Å². The summed E-state index contributed by atoms with van der Waals surface area (Å²) in [5.74, 6) is -2.31. The maximum absolute atomic E-state index is 12.9. The second-order valence-electron chi connectivity index (χ2n) is 10.7. The number of carboxylic acids is 1. The number of pyridine rings is 1. The molecule has 0 spiro atoms. The fourth-order valence-corrected chi connectivity index (χ4v) is 4.23. The summed E-state index contributed by atoms with van der Waals surface area (Å²) >= 11 is 0. The molecule has 10 heteroatoms. The number of fused-ring (bicyclic) bond motifs is 1. The number of aromatic nitrogens is 1. The van der Waals surface area contributed by atoms with Crippen molar-refractivity contribution in [1.29, 1.82) is 0 Å². The molecule has 0 aliphatic heterocycles. The lowest BCUT2D eigenvalue weighted by Gasteiger charge is -2.20. The van der Waals surface area contributed by atoms with E-state index in [1.807, 2.05) is 36.4 Å². The van der Waals surface area contributed by atoms with Crippen LogP contribution in [0.3, 0.4) is 0 Å². The van der Waals surface area contributed by atoms with Crippen LogP contribution in [0.1, 0.15) is 55.4 Å². The fraction of sp³-hybridized carbons (Fsp3) is 0.281. The van der Waals surface area contributed by atoms with Crippen LogP contribution in [0, 0.1) is 0 Å². The Labute approximate surface area is 242 Å². The second-order valence-corrected chi connectivity index (χ2v) is 10.7. The number of hydrogen-bond donors (Lipinski definition) is 3. The van der Waals surface area contributed by atoms with Gasteiger partial charge in [0.25, 0.3) is 0 Å². The topological polar surface area (TPSA) is 115 Å². The Morgan fingerprint density at radius 2 is 1.60 bits per heavy atom. The van der Waals surface area contributed by atoms with Gasteiger partial charge in [-0.15, -0.1) is 13.2 Å². The quantitative estimate of drug-likeness (QED) is 0.220. The zero-order valence-corrected chi connectivity index (χ0v) is 23.6. The number of ether oxygens (including phenoxy) is 1. The third-order valence-corrected chi connectivity index (χ3v) is 6.46. The summed E-state index contributed by atoms with van der Waals surface area (Å²) in [6.45, 7) is 7.11. The number of carboxylic acid groups (broad SMARTS) is 1. The van der Waals surface area contributed by atoms with Crippen molar-refractivity contribution in [3.05, 3.63) is 107 Å². The van der Waals surface area contributed by atoms with Crippen LogP contribution < -0.4 is 15.8 Å². The number of carbonyl (C=O) groups is 2. The normalized spacial score (nSPS) is 12.2. The Morgan fingerprint density at radius 1 is 0.952 bits per heavy atom. The predicted molar refractivity (Wildman–Crippen MR) is 155 cm³/mol. The number of nitrogens with two attached hydrogens (primary N) is 1. The predicted octanol–water partition coefficient (Wildman–Crippen LogP) is 6.45. The number of halogens is 3. The van der Waals surface area contributed by atoms with Gasteiger partial charge in [0.05, 0.1) is 12.3 Å². The summed E-state index contributed by atoms with van der Waals surface area (Å²) in [5.41, 5.74) is 8.99. The van der Waals surface area contributed by atoms with Crippen LogP contribution >= 0.6 is 0 Å². The highest BCUT2D eigenvalue weighted by Gasteiger charge is 2.31. The molecule has 4 rings (SSSR count). The monoisotopic (exact) mass is 581 g/mol. The molecule has 0 fully saturated rings. The van der Waals surface area contributed by atoms with E-state index in [1.54, 1.807) is 12.4 Å². The van der Waals surface area contributed by atoms with E-state index in [0.717, 1.165) is 21.9 Å². The van der Waals surface area contributed by atoms with Gasteiger partial charge in [-0.1, -0.05) is 75.4 Å². The van der Waals surface area contributed by atoms with Crippen molar-refractivity contribution in [2.24, 2.45) is 5.73 Å². The fourth-order valence-electron chi connectivity index (χ4n) is 4.23. The second kappa shape index (κ2) is 14.0. The Kier molecular flexibility index (Phi) is 10.7. The molecule has 4 aromatic rings. The first-order chi connectivity index (χ1) is 19.8. The molecule has 0 saturated carbocycles. The first kappa shape index (κ1) is 32.1. The number of nitrogens with one attached hydrogen (secondary N) is 1. The van der Waals surface area contributed by atoms with Crippen molar-refractivity contribution < 1.29 is 32.6 Å². The Bertz CT molecular complexity index is 1480. The minimum atomic E-state index is -4.63. The Morgan fingerprint density at radius 3 is 2.17 bits per heavy atom. The molecule has 3 aromatic carbocycles. The van der Waals surface area contributed by atoms with E-state index in [4.69, 9.17) is 5.73 Å². The van der Waals surface area contributed by atoms with Gasteiger partial charge in [-0.3, -0.25) is 14.6 Å². The standard InChI is InChI=1S/C24H26N2O3.C8H8F3NO/c1-24(2,3)18-9-7-16(8-10-18)14-26-23(29)21(13-22(27)28)20-6-4-5-17-15-25-12-11-19(17)20;9-8(10,11)13-7-3-1-6(5-12)2-4-7/h4-12,15,21H,13-14H2,1-3H3,(H,26,29)(H,27,28);1-4H,5,12H2. The summed E-state index contributed by atoms with van der Waals surface area (Å²) in [5, 5.41) is 14.0. The zero-order chi connectivity index (χ0) is 30.9. The molecule has 4 N–H and O–H groups in total. The lowest BCUT2D eigenvalue weighted by atomic mass is 9.87. The van der Waals surface area contributed by atoms with Crippen LogP contribution in [0.15, 0.2) is 85.2 Å². The van der Waals surface area contributed by atoms with E-state index < -0.39 is 18.2 Å². The van der Waals surface area contributed by atoms with Crippen LogP contribution in [0.4, 0.5) is 13.2 Å². The van der Waals surface area contributed by atoms with Gasteiger partial charge >= 0.3 is 12.3 Å². The minimum Gasteiger partial charge on any atom is -0.481 e. The molecule has 42 heavy (non-hydrogen) atoms. The van der Waals surface area contributed by atoms with Crippen molar-refractivity contribution in [3.63, 3.8) is 0 Å². The van der Waals surface area contributed by atoms with Gasteiger partial charge in [-0.2, -0.15) is 0 Å². The van der Waals surface area contributed by atoms with E-state index >= 15 is 0 Å². The van der Waals surface area contributed by atoms with Gasteiger partial charge in [-0.25, -0.2) is 0 Å². The molecule has 0 saturated heterocycles. The van der Waals surface area contributed by atoms with Gasteiger partial charge in [0.15, 0.2) is 0 Å². The van der Waals surface area contributed by atoms with Crippen molar-refractivity contribution in [2.45, 2.75) is 58.0 Å². The number of benzene rings is 3. The molecule has 1 atom stereocenters. The zero-order valence-electron chi connectivity index (χ0n) is 23.6. The van der Waals surface area contributed by atoms with Crippen molar-refractivity contribution in [1.82, 2.24) is 10.3 Å². The molecule has 0 aliphatic carbocycles. The molecule has 0 aliphatic rings. The maximum Gasteiger partial charge on any atom is 0.573 e. The lowest BCUT2D eigenvalue weighted by molar-refractivity contribution is -0.274. The van der Waals surface area contributed by atoms with E-state index in [2.05, 4.69) is 47.9 Å². The average molecular weight is 582 g/mol. The lowest BCUT2D eigenvalue weighted by Crippen LogP contribution is -2.30. The van der Waals surface area contributed by atoms with Crippen LogP contribution in [-0.4, -0.2) is 28.3 Å². The summed E-state index contributed by atoms with van der Waals surface area (Å²) in [7, 11) is 0. The van der Waals surface area contributed by atoms with E-state index in [1.165, 1.54) is 29.8 Å². The maximum atomic E-state index is 12.9. The number of alkyl halides is 3. The molecular formula is C32H34F3N3O4. The smallest absolute Gasteiger partial charge is 0.481 e. The number of nitrogens with zero attached hydrogens (tertiary/aromatic N) is 1. The molecule has 1 aromatic heterocycles. The molecule has 1 heterocycles. The summed E-state index contributed by atoms with van der Waals surface area (Å²) in [4.78, 5) is 28.5. The number of hydrogen-bond acceptors (Lipinski definition) is 5. The van der Waals surface area contributed by atoms with Gasteiger partial charge in [0.1, 0.15) is 5.75 Å². The molecule has 222 valence electrons. The highest BCUT2D eigenvalue weighted by atomic mass is 19.4. The van der Waals surface area contributed by atoms with Crippen LogP contribution in [0.5, 0.6) is 5.75 Å². The first-order valence-corrected chi connectivity index (χ1v) is 13.2. The molecule has 0 bridgehead atoms. The van der Waals surface area contributed by atoms with Gasteiger partial charge in [0.2, 0.25) is 5.91 Å².